The summed E-state index contributed by atoms with van der Waals surface area (Å²) in [6, 6.07) is 5.22. The first-order chi connectivity index (χ1) is 6.72. The third kappa shape index (κ3) is 2.25. The molecule has 0 aliphatic carbocycles. The van der Waals surface area contributed by atoms with Gasteiger partial charge in [-0.1, -0.05) is 19.9 Å². The summed E-state index contributed by atoms with van der Waals surface area (Å²) in [5.41, 5.74) is 1.06. The molecule has 1 aromatic carbocycles. The van der Waals surface area contributed by atoms with Gasteiger partial charge in [-0.2, -0.15) is 0 Å². The first-order valence-electron chi connectivity index (χ1n) is 5.06. The minimum absolute atomic E-state index is 0.267. The molecule has 0 aromatic heterocycles. The maximum atomic E-state index is 13.4. The second kappa shape index (κ2) is 4.99. The molecule has 1 aromatic rings. The number of halogens is 1. The van der Waals surface area contributed by atoms with Gasteiger partial charge >= 0.3 is 0 Å². The van der Waals surface area contributed by atoms with Gasteiger partial charge in [0.05, 0.1) is 7.11 Å². The fraction of sp³-hybridized carbons (Fsp3) is 0.500. The molecule has 0 aliphatic rings. The lowest BCUT2D eigenvalue weighted by molar-refractivity contribution is 0.385. The summed E-state index contributed by atoms with van der Waals surface area (Å²) in [5.74, 6) is 0.506. The van der Waals surface area contributed by atoms with Crippen molar-refractivity contribution in [1.82, 2.24) is 0 Å². The second-order valence-corrected chi connectivity index (χ2v) is 3.41. The highest BCUT2D eigenvalue weighted by atomic mass is 19.1. The molecule has 0 radical (unpaired) electrons. The zero-order valence-corrected chi connectivity index (χ0v) is 9.01. The molecule has 78 valence electrons. The van der Waals surface area contributed by atoms with Gasteiger partial charge in [0.15, 0.2) is 11.6 Å². The molecule has 0 saturated carbocycles. The molecule has 2 heteroatoms. The van der Waals surface area contributed by atoms with Gasteiger partial charge in [0.2, 0.25) is 0 Å². The predicted molar refractivity (Wildman–Crippen MR) is 56.3 cm³/mol. The smallest absolute Gasteiger partial charge is 0.165 e. The van der Waals surface area contributed by atoms with Crippen LogP contribution in [0, 0.1) is 5.82 Å². The van der Waals surface area contributed by atoms with Crippen LogP contribution in [0.4, 0.5) is 4.39 Å². The van der Waals surface area contributed by atoms with Crippen molar-refractivity contribution in [3.63, 3.8) is 0 Å². The first-order valence-corrected chi connectivity index (χ1v) is 5.06. The number of methoxy groups -OCH3 is 1. The number of benzene rings is 1. The molecular formula is C12H17FO. The van der Waals surface area contributed by atoms with E-state index in [9.17, 15) is 4.39 Å². The van der Waals surface area contributed by atoms with E-state index in [4.69, 9.17) is 4.74 Å². The summed E-state index contributed by atoms with van der Waals surface area (Å²) in [6.45, 7) is 4.24. The van der Waals surface area contributed by atoms with Gasteiger partial charge < -0.3 is 4.74 Å². The molecule has 0 fully saturated rings. The van der Waals surface area contributed by atoms with Gasteiger partial charge in [-0.3, -0.25) is 0 Å². The normalized spacial score (nSPS) is 10.6. The quantitative estimate of drug-likeness (QED) is 0.712. The Balaban J connectivity index is 2.95. The van der Waals surface area contributed by atoms with Crippen LogP contribution in [0.25, 0.3) is 0 Å². The monoisotopic (exact) mass is 196 g/mol. The fourth-order valence-corrected chi connectivity index (χ4v) is 1.70. The van der Waals surface area contributed by atoms with Crippen LogP contribution in [-0.4, -0.2) is 7.11 Å². The molecule has 0 atom stereocenters. The summed E-state index contributed by atoms with van der Waals surface area (Å²) in [5, 5.41) is 0. The van der Waals surface area contributed by atoms with E-state index >= 15 is 0 Å². The van der Waals surface area contributed by atoms with Crippen molar-refractivity contribution >= 4 is 0 Å². The van der Waals surface area contributed by atoms with Crippen LogP contribution in [0.3, 0.4) is 0 Å². The molecule has 1 rings (SSSR count). The average Bonchev–Trinajstić information content (AvgIpc) is 2.20. The Morgan fingerprint density at radius 1 is 1.29 bits per heavy atom. The van der Waals surface area contributed by atoms with E-state index in [1.807, 2.05) is 6.07 Å². The molecule has 0 N–H and O–H groups in total. The Hall–Kier alpha value is -1.05. The molecule has 0 heterocycles. The van der Waals surface area contributed by atoms with E-state index in [1.165, 1.54) is 7.11 Å². The summed E-state index contributed by atoms with van der Waals surface area (Å²) in [7, 11) is 1.48. The minimum Gasteiger partial charge on any atom is -0.494 e. The van der Waals surface area contributed by atoms with Gasteiger partial charge in [0.1, 0.15) is 0 Å². The van der Waals surface area contributed by atoms with E-state index in [0.717, 1.165) is 18.4 Å². The summed E-state index contributed by atoms with van der Waals surface area (Å²) < 4.78 is 18.2. The van der Waals surface area contributed by atoms with Gasteiger partial charge in [-0.05, 0) is 36.5 Å². The minimum atomic E-state index is -0.267. The lowest BCUT2D eigenvalue weighted by Crippen LogP contribution is -1.97. The van der Waals surface area contributed by atoms with E-state index in [2.05, 4.69) is 13.8 Å². The number of hydrogen-bond acceptors (Lipinski definition) is 1. The molecule has 1 nitrogen and oxygen atoms in total. The Kier molecular flexibility index (Phi) is 3.93. The summed E-state index contributed by atoms with van der Waals surface area (Å²) in [6.07, 6.45) is 2.09. The topological polar surface area (TPSA) is 9.23 Å². The van der Waals surface area contributed by atoms with Crippen LogP contribution in [-0.2, 0) is 0 Å². The number of ether oxygens (including phenoxy) is 1. The third-order valence-corrected chi connectivity index (χ3v) is 2.63. The van der Waals surface area contributed by atoms with Crippen LogP contribution in [0.5, 0.6) is 5.75 Å². The van der Waals surface area contributed by atoms with E-state index in [-0.39, 0.29) is 5.82 Å². The SMILES string of the molecule is CCC(CC)c1ccc(OC)c(F)c1. The van der Waals surface area contributed by atoms with Crippen molar-refractivity contribution in [3.8, 4) is 5.75 Å². The maximum Gasteiger partial charge on any atom is 0.165 e. The highest BCUT2D eigenvalue weighted by Crippen LogP contribution is 2.26. The summed E-state index contributed by atoms with van der Waals surface area (Å²) in [4.78, 5) is 0. The Morgan fingerprint density at radius 2 is 1.93 bits per heavy atom. The average molecular weight is 196 g/mol. The molecule has 0 aliphatic heterocycles. The van der Waals surface area contributed by atoms with Crippen LogP contribution in [0.1, 0.15) is 38.2 Å². The van der Waals surface area contributed by atoms with Crippen molar-refractivity contribution in [3.05, 3.63) is 29.6 Å². The van der Waals surface area contributed by atoms with Crippen LogP contribution in [0.15, 0.2) is 18.2 Å². The van der Waals surface area contributed by atoms with Crippen molar-refractivity contribution in [2.75, 3.05) is 7.11 Å². The van der Waals surface area contributed by atoms with Crippen molar-refractivity contribution < 1.29 is 9.13 Å². The number of hydrogen-bond donors (Lipinski definition) is 0. The van der Waals surface area contributed by atoms with E-state index < -0.39 is 0 Å². The maximum absolute atomic E-state index is 13.4. The highest BCUT2D eigenvalue weighted by molar-refractivity contribution is 5.31. The molecule has 0 saturated heterocycles. The van der Waals surface area contributed by atoms with Crippen molar-refractivity contribution in [2.45, 2.75) is 32.6 Å². The number of rotatable bonds is 4. The first kappa shape index (κ1) is 11.0. The predicted octanol–water partition coefficient (Wildman–Crippen LogP) is 3.74. The highest BCUT2D eigenvalue weighted by Gasteiger charge is 2.10. The van der Waals surface area contributed by atoms with E-state index in [0.29, 0.717) is 11.7 Å². The van der Waals surface area contributed by atoms with Crippen LogP contribution in [0.2, 0.25) is 0 Å². The largest absolute Gasteiger partial charge is 0.494 e. The summed E-state index contributed by atoms with van der Waals surface area (Å²) >= 11 is 0. The fourth-order valence-electron chi connectivity index (χ4n) is 1.70. The van der Waals surface area contributed by atoms with Gasteiger partial charge in [0.25, 0.3) is 0 Å². The van der Waals surface area contributed by atoms with Crippen molar-refractivity contribution in [2.24, 2.45) is 0 Å². The molecule has 0 bridgehead atoms. The Labute approximate surface area is 84.9 Å². The molecule has 14 heavy (non-hydrogen) atoms. The van der Waals surface area contributed by atoms with Crippen LogP contribution < -0.4 is 4.74 Å². The molecular weight excluding hydrogens is 179 g/mol. The zero-order chi connectivity index (χ0) is 10.6. The molecule has 0 spiro atoms. The van der Waals surface area contributed by atoms with E-state index in [1.54, 1.807) is 12.1 Å². The third-order valence-electron chi connectivity index (χ3n) is 2.63. The zero-order valence-electron chi connectivity index (χ0n) is 9.01. The van der Waals surface area contributed by atoms with Crippen LogP contribution >= 0.6 is 0 Å². The lowest BCUT2D eigenvalue weighted by atomic mass is 9.94. The lowest BCUT2D eigenvalue weighted by Gasteiger charge is -2.13. The standard InChI is InChI=1S/C12H17FO/c1-4-9(5-2)10-6-7-12(14-3)11(13)8-10/h6-9H,4-5H2,1-3H3. The van der Waals surface area contributed by atoms with Gasteiger partial charge in [-0.25, -0.2) is 4.39 Å². The van der Waals surface area contributed by atoms with Gasteiger partial charge in [-0.15, -0.1) is 0 Å². The Morgan fingerprint density at radius 3 is 2.36 bits per heavy atom. The van der Waals surface area contributed by atoms with Gasteiger partial charge in [0, 0.05) is 0 Å². The van der Waals surface area contributed by atoms with Crippen molar-refractivity contribution in [1.29, 1.82) is 0 Å². The Bertz CT molecular complexity index is 292. The molecule has 0 amide bonds. The molecule has 0 unspecified atom stereocenters. The second-order valence-electron chi connectivity index (χ2n) is 3.41.